The molecule has 0 aliphatic heterocycles. The third-order valence-corrected chi connectivity index (χ3v) is 5.94. The van der Waals surface area contributed by atoms with Gasteiger partial charge in [0, 0.05) is 23.0 Å². The van der Waals surface area contributed by atoms with Crippen LogP contribution >= 0.6 is 0 Å². The summed E-state index contributed by atoms with van der Waals surface area (Å²) in [6.07, 6.45) is 6.60. The highest BCUT2D eigenvalue weighted by Gasteiger charge is 2.34. The van der Waals surface area contributed by atoms with Gasteiger partial charge >= 0.3 is 0 Å². The lowest BCUT2D eigenvalue weighted by Gasteiger charge is -2.43. The molecule has 1 atom stereocenters. The zero-order valence-corrected chi connectivity index (χ0v) is 17.6. The van der Waals surface area contributed by atoms with Gasteiger partial charge in [-0.2, -0.15) is 0 Å². The molecule has 1 aliphatic carbocycles. The van der Waals surface area contributed by atoms with Crippen molar-refractivity contribution in [2.45, 2.75) is 64.6 Å². The van der Waals surface area contributed by atoms with E-state index in [1.807, 2.05) is 0 Å². The summed E-state index contributed by atoms with van der Waals surface area (Å²) in [5.41, 5.74) is 5.96. The van der Waals surface area contributed by atoms with Gasteiger partial charge in [0.15, 0.2) is 0 Å². The SMILES string of the molecule is Cc1cc(C)cc(Nc2ccccc2C(C)(NC2CCCCC2)N(C)C)c1. The summed E-state index contributed by atoms with van der Waals surface area (Å²) in [7, 11) is 4.34. The van der Waals surface area contributed by atoms with Crippen LogP contribution in [0.4, 0.5) is 11.4 Å². The summed E-state index contributed by atoms with van der Waals surface area (Å²) in [6, 6.07) is 15.9. The van der Waals surface area contributed by atoms with Crippen LogP contribution in [-0.4, -0.2) is 25.0 Å². The molecular weight excluding hydrogens is 330 g/mol. The average molecular weight is 366 g/mol. The molecule has 2 aromatic carbocycles. The molecule has 3 rings (SSSR count). The normalized spacial score (nSPS) is 17.7. The van der Waals surface area contributed by atoms with Crippen LogP contribution in [0.1, 0.15) is 55.7 Å². The summed E-state index contributed by atoms with van der Waals surface area (Å²) in [5, 5.41) is 7.67. The van der Waals surface area contributed by atoms with Crippen molar-refractivity contribution in [2.24, 2.45) is 0 Å². The molecule has 3 heteroatoms. The molecule has 0 aromatic heterocycles. The van der Waals surface area contributed by atoms with Gasteiger partial charge in [0.05, 0.1) is 5.66 Å². The van der Waals surface area contributed by atoms with E-state index in [1.54, 1.807) is 0 Å². The Bertz CT molecular complexity index is 742. The van der Waals surface area contributed by atoms with Crippen molar-refractivity contribution >= 4 is 11.4 Å². The van der Waals surface area contributed by atoms with Crippen LogP contribution in [0.3, 0.4) is 0 Å². The lowest BCUT2D eigenvalue weighted by molar-refractivity contribution is 0.101. The number of nitrogens with zero attached hydrogens (tertiary/aromatic N) is 1. The number of para-hydroxylation sites is 1. The van der Waals surface area contributed by atoms with Gasteiger partial charge in [0.2, 0.25) is 0 Å². The first-order chi connectivity index (χ1) is 12.9. The zero-order chi connectivity index (χ0) is 19.4. The fraction of sp³-hybridized carbons (Fsp3) is 0.500. The molecule has 0 bridgehead atoms. The van der Waals surface area contributed by atoms with Crippen LogP contribution in [-0.2, 0) is 5.66 Å². The fourth-order valence-electron chi connectivity index (χ4n) is 4.31. The van der Waals surface area contributed by atoms with Gasteiger partial charge in [0.25, 0.3) is 0 Å². The minimum absolute atomic E-state index is 0.218. The number of hydrogen-bond acceptors (Lipinski definition) is 3. The highest BCUT2D eigenvalue weighted by Crippen LogP contribution is 2.34. The molecule has 1 aliphatic rings. The molecule has 0 amide bonds. The van der Waals surface area contributed by atoms with E-state index in [1.165, 1.54) is 54.5 Å². The van der Waals surface area contributed by atoms with E-state index >= 15 is 0 Å². The number of aryl methyl sites for hydroxylation is 2. The van der Waals surface area contributed by atoms with Crippen molar-refractivity contribution in [1.29, 1.82) is 0 Å². The second-order valence-electron chi connectivity index (χ2n) is 8.49. The van der Waals surface area contributed by atoms with Crippen molar-refractivity contribution < 1.29 is 0 Å². The van der Waals surface area contributed by atoms with Crippen molar-refractivity contribution in [3.8, 4) is 0 Å². The Balaban J connectivity index is 1.93. The zero-order valence-electron chi connectivity index (χ0n) is 17.6. The van der Waals surface area contributed by atoms with Gasteiger partial charge in [-0.1, -0.05) is 43.5 Å². The molecule has 3 nitrogen and oxygen atoms in total. The third-order valence-electron chi connectivity index (χ3n) is 5.94. The Morgan fingerprint density at radius 2 is 1.56 bits per heavy atom. The van der Waals surface area contributed by atoms with Gasteiger partial charge < -0.3 is 5.32 Å². The summed E-state index contributed by atoms with van der Waals surface area (Å²) < 4.78 is 0. The van der Waals surface area contributed by atoms with Gasteiger partial charge in [-0.25, -0.2) is 0 Å². The van der Waals surface area contributed by atoms with E-state index in [2.05, 4.69) is 92.9 Å². The van der Waals surface area contributed by atoms with Crippen LogP contribution in [0.25, 0.3) is 0 Å². The van der Waals surface area contributed by atoms with E-state index < -0.39 is 0 Å². The number of benzene rings is 2. The van der Waals surface area contributed by atoms with E-state index in [-0.39, 0.29) is 5.66 Å². The van der Waals surface area contributed by atoms with E-state index in [0.717, 1.165) is 5.69 Å². The van der Waals surface area contributed by atoms with Crippen LogP contribution in [0, 0.1) is 13.8 Å². The number of hydrogen-bond donors (Lipinski definition) is 2. The number of anilines is 2. The maximum absolute atomic E-state index is 3.98. The van der Waals surface area contributed by atoms with Crippen LogP contribution < -0.4 is 10.6 Å². The van der Waals surface area contributed by atoms with Gasteiger partial charge in [-0.05, 0) is 77.0 Å². The summed E-state index contributed by atoms with van der Waals surface area (Å²) in [4.78, 5) is 2.31. The number of nitrogens with one attached hydrogen (secondary N) is 2. The van der Waals surface area contributed by atoms with E-state index in [0.29, 0.717) is 6.04 Å². The second kappa shape index (κ2) is 8.45. The first kappa shape index (κ1) is 19.9. The molecule has 2 N–H and O–H groups in total. The first-order valence-electron chi connectivity index (χ1n) is 10.3. The molecule has 0 spiro atoms. The number of rotatable bonds is 6. The fourth-order valence-corrected chi connectivity index (χ4v) is 4.31. The standard InChI is InChI=1S/C24H35N3/c1-18-15-19(2)17-21(16-18)25-23-14-10-9-13-22(23)24(3,27(4)5)26-20-11-7-6-8-12-20/h9-10,13-17,20,25-26H,6-8,11-12H2,1-5H3. The van der Waals surface area contributed by atoms with Crippen molar-refractivity contribution in [1.82, 2.24) is 10.2 Å². The minimum Gasteiger partial charge on any atom is -0.355 e. The van der Waals surface area contributed by atoms with Crippen LogP contribution in [0.15, 0.2) is 42.5 Å². The van der Waals surface area contributed by atoms with Crippen molar-refractivity contribution in [3.05, 3.63) is 59.2 Å². The maximum atomic E-state index is 3.98. The lowest BCUT2D eigenvalue weighted by atomic mass is 9.91. The largest absolute Gasteiger partial charge is 0.355 e. The predicted molar refractivity (Wildman–Crippen MR) is 117 cm³/mol. The predicted octanol–water partition coefficient (Wildman–Crippen LogP) is 5.70. The molecule has 1 saturated carbocycles. The molecule has 146 valence electrons. The highest BCUT2D eigenvalue weighted by atomic mass is 15.3. The van der Waals surface area contributed by atoms with E-state index in [4.69, 9.17) is 0 Å². The monoisotopic (exact) mass is 365 g/mol. The van der Waals surface area contributed by atoms with Gasteiger partial charge in [0.1, 0.15) is 0 Å². The first-order valence-corrected chi connectivity index (χ1v) is 10.3. The highest BCUT2D eigenvalue weighted by molar-refractivity contribution is 5.65. The molecule has 0 heterocycles. The summed E-state index contributed by atoms with van der Waals surface area (Å²) >= 11 is 0. The Kier molecular flexibility index (Phi) is 6.23. The van der Waals surface area contributed by atoms with Crippen molar-refractivity contribution in [3.63, 3.8) is 0 Å². The molecule has 2 aromatic rings. The minimum atomic E-state index is -0.218. The van der Waals surface area contributed by atoms with E-state index in [9.17, 15) is 0 Å². The van der Waals surface area contributed by atoms with Crippen LogP contribution in [0.2, 0.25) is 0 Å². The Morgan fingerprint density at radius 1 is 0.926 bits per heavy atom. The quantitative estimate of drug-likeness (QED) is 0.643. The smallest absolute Gasteiger partial charge is 0.0963 e. The molecule has 1 fully saturated rings. The Hall–Kier alpha value is -1.84. The third kappa shape index (κ3) is 4.72. The Labute approximate surface area is 165 Å². The van der Waals surface area contributed by atoms with Gasteiger partial charge in [-0.15, -0.1) is 0 Å². The summed E-state index contributed by atoms with van der Waals surface area (Å²) in [6.45, 7) is 6.61. The lowest BCUT2D eigenvalue weighted by Crippen LogP contribution is -2.55. The molecule has 0 radical (unpaired) electrons. The molecule has 1 unspecified atom stereocenters. The van der Waals surface area contributed by atoms with Crippen LogP contribution in [0.5, 0.6) is 0 Å². The van der Waals surface area contributed by atoms with Crippen molar-refractivity contribution in [2.75, 3.05) is 19.4 Å². The average Bonchev–Trinajstić information content (AvgIpc) is 2.62. The molecular formula is C24H35N3. The van der Waals surface area contributed by atoms with Gasteiger partial charge in [-0.3, -0.25) is 10.2 Å². The molecule has 27 heavy (non-hydrogen) atoms. The molecule has 0 saturated heterocycles. The topological polar surface area (TPSA) is 27.3 Å². The second-order valence-corrected chi connectivity index (χ2v) is 8.49. The maximum Gasteiger partial charge on any atom is 0.0963 e. The summed E-state index contributed by atoms with van der Waals surface area (Å²) in [5.74, 6) is 0. The Morgan fingerprint density at radius 3 is 2.19 bits per heavy atom.